The predicted molar refractivity (Wildman–Crippen MR) is 88.0 cm³/mol. The number of nitrogens with one attached hydrogen (secondary N) is 1. The molecule has 0 radical (unpaired) electrons. The summed E-state index contributed by atoms with van der Waals surface area (Å²) in [6.45, 7) is 2.01. The third-order valence-electron chi connectivity index (χ3n) is 4.21. The molecule has 0 fully saturated rings. The minimum Gasteiger partial charge on any atom is -0.465 e. The molecule has 1 aliphatic heterocycles. The van der Waals surface area contributed by atoms with Crippen molar-refractivity contribution in [1.29, 1.82) is 0 Å². The van der Waals surface area contributed by atoms with E-state index in [9.17, 15) is 9.59 Å². The number of hydrogen-bond acceptors (Lipinski definition) is 3. The van der Waals surface area contributed by atoms with Crippen LogP contribution < -0.4 is 5.32 Å². The van der Waals surface area contributed by atoms with Crippen LogP contribution >= 0.6 is 0 Å². The van der Waals surface area contributed by atoms with Crippen LogP contribution in [0.2, 0.25) is 0 Å². The van der Waals surface area contributed by atoms with Gasteiger partial charge in [0, 0.05) is 5.69 Å². The molecule has 0 aromatic heterocycles. The van der Waals surface area contributed by atoms with Crippen LogP contribution in [0.3, 0.4) is 0 Å². The molecule has 0 saturated carbocycles. The number of fused-ring (bicyclic) bond motifs is 1. The second-order valence-corrected chi connectivity index (χ2v) is 5.75. The van der Waals surface area contributed by atoms with Gasteiger partial charge in [-0.2, -0.15) is 0 Å². The normalized spacial score (nSPS) is 19.6. The first-order chi connectivity index (χ1) is 11.2. The number of hydrogen-bond donors (Lipinski definition) is 1. The lowest BCUT2D eigenvalue weighted by Gasteiger charge is -2.35. The molecule has 2 aromatic rings. The van der Waals surface area contributed by atoms with Gasteiger partial charge in [0.1, 0.15) is 0 Å². The second kappa shape index (κ2) is 6.24. The van der Waals surface area contributed by atoms with Crippen LogP contribution in [-0.4, -0.2) is 18.5 Å². The molecule has 0 saturated heterocycles. The Kier molecular flexibility index (Phi) is 4.15. The number of carbonyl (C=O) groups is 2. The molecule has 2 aromatic carbocycles. The van der Waals surface area contributed by atoms with Crippen molar-refractivity contribution in [2.45, 2.75) is 19.8 Å². The van der Waals surface area contributed by atoms with E-state index in [1.165, 1.54) is 0 Å². The first-order valence-electron chi connectivity index (χ1n) is 7.76. The number of ether oxygens (including phenoxy) is 1. The maximum atomic E-state index is 12.8. The fourth-order valence-electron chi connectivity index (χ4n) is 3.04. The molecule has 118 valence electrons. The van der Waals surface area contributed by atoms with Gasteiger partial charge in [0.15, 0.2) is 5.41 Å². The molecule has 1 aliphatic rings. The first kappa shape index (κ1) is 15.3. The van der Waals surface area contributed by atoms with Crippen LogP contribution in [0, 0.1) is 5.41 Å². The quantitative estimate of drug-likeness (QED) is 0.698. The van der Waals surface area contributed by atoms with Crippen molar-refractivity contribution >= 4 is 17.6 Å². The van der Waals surface area contributed by atoms with Crippen LogP contribution in [-0.2, 0) is 27.2 Å². The third-order valence-corrected chi connectivity index (χ3v) is 4.21. The average molecular weight is 309 g/mol. The lowest BCUT2D eigenvalue weighted by molar-refractivity contribution is -0.159. The van der Waals surface area contributed by atoms with Gasteiger partial charge in [-0.15, -0.1) is 0 Å². The zero-order valence-corrected chi connectivity index (χ0v) is 13.0. The van der Waals surface area contributed by atoms with E-state index in [0.717, 1.165) is 16.8 Å². The van der Waals surface area contributed by atoms with Gasteiger partial charge in [-0.25, -0.2) is 0 Å². The number of anilines is 1. The summed E-state index contributed by atoms with van der Waals surface area (Å²) in [5, 5.41) is 2.87. The highest BCUT2D eigenvalue weighted by Gasteiger charge is 2.50. The van der Waals surface area contributed by atoms with Crippen LogP contribution in [0.1, 0.15) is 18.1 Å². The van der Waals surface area contributed by atoms with E-state index in [2.05, 4.69) is 5.32 Å². The van der Waals surface area contributed by atoms with Crippen molar-refractivity contribution < 1.29 is 14.3 Å². The van der Waals surface area contributed by atoms with Crippen molar-refractivity contribution in [3.63, 3.8) is 0 Å². The fourth-order valence-corrected chi connectivity index (χ4v) is 3.04. The Morgan fingerprint density at radius 1 is 1.13 bits per heavy atom. The van der Waals surface area contributed by atoms with E-state index >= 15 is 0 Å². The van der Waals surface area contributed by atoms with Crippen LogP contribution in [0.15, 0.2) is 54.6 Å². The number of rotatable bonds is 4. The zero-order chi connectivity index (χ0) is 16.3. The second-order valence-electron chi connectivity index (χ2n) is 5.75. The predicted octanol–water partition coefficient (Wildman–Crippen LogP) is 2.97. The van der Waals surface area contributed by atoms with Gasteiger partial charge >= 0.3 is 5.97 Å². The van der Waals surface area contributed by atoms with Crippen LogP contribution in [0.25, 0.3) is 0 Å². The van der Waals surface area contributed by atoms with Crippen molar-refractivity contribution in [1.82, 2.24) is 0 Å². The SMILES string of the molecule is CCOC(=O)[C@@]1(Cc2ccccc2)Cc2ccccc2NC1=O. The Bertz CT molecular complexity index is 726. The molecule has 3 rings (SSSR count). The summed E-state index contributed by atoms with van der Waals surface area (Å²) in [5.41, 5.74) is 1.45. The largest absolute Gasteiger partial charge is 0.465 e. The Hall–Kier alpha value is -2.62. The lowest BCUT2D eigenvalue weighted by Crippen LogP contribution is -2.50. The summed E-state index contributed by atoms with van der Waals surface area (Å²) in [5.74, 6) is -0.755. The Morgan fingerprint density at radius 3 is 2.57 bits per heavy atom. The summed E-state index contributed by atoms with van der Waals surface area (Å²) in [7, 11) is 0. The molecule has 4 heteroatoms. The molecule has 23 heavy (non-hydrogen) atoms. The van der Waals surface area contributed by atoms with Gasteiger partial charge in [-0.05, 0) is 37.0 Å². The van der Waals surface area contributed by atoms with Crippen molar-refractivity contribution in [2.75, 3.05) is 11.9 Å². The molecule has 4 nitrogen and oxygen atoms in total. The van der Waals surface area contributed by atoms with Gasteiger partial charge in [0.2, 0.25) is 5.91 Å². The summed E-state index contributed by atoms with van der Waals surface area (Å²) in [4.78, 5) is 25.4. The molecule has 0 spiro atoms. The first-order valence-corrected chi connectivity index (χ1v) is 7.76. The molecular weight excluding hydrogens is 290 g/mol. The highest BCUT2D eigenvalue weighted by molar-refractivity contribution is 6.11. The number of carbonyl (C=O) groups excluding carboxylic acids is 2. The summed E-state index contributed by atoms with van der Waals surface area (Å²) in [6, 6.07) is 17.1. The van der Waals surface area contributed by atoms with E-state index in [4.69, 9.17) is 4.74 Å². The topological polar surface area (TPSA) is 55.4 Å². The van der Waals surface area contributed by atoms with Gasteiger partial charge in [-0.1, -0.05) is 48.5 Å². The minimum absolute atomic E-state index is 0.254. The van der Waals surface area contributed by atoms with Gasteiger partial charge < -0.3 is 10.1 Å². The molecule has 1 heterocycles. The van der Waals surface area contributed by atoms with Gasteiger partial charge in [-0.3, -0.25) is 9.59 Å². The monoisotopic (exact) mass is 309 g/mol. The minimum atomic E-state index is -1.22. The average Bonchev–Trinajstić information content (AvgIpc) is 2.56. The number of esters is 1. The highest BCUT2D eigenvalue weighted by atomic mass is 16.5. The zero-order valence-electron chi connectivity index (χ0n) is 13.0. The molecule has 1 N–H and O–H groups in total. The summed E-state index contributed by atoms with van der Waals surface area (Å²) < 4.78 is 5.24. The van der Waals surface area contributed by atoms with Gasteiger partial charge in [0.25, 0.3) is 0 Å². The molecule has 0 aliphatic carbocycles. The van der Waals surface area contributed by atoms with E-state index in [1.807, 2.05) is 54.6 Å². The number of benzene rings is 2. The summed E-state index contributed by atoms with van der Waals surface area (Å²) in [6.07, 6.45) is 0.676. The Labute approximate surface area is 135 Å². The Morgan fingerprint density at radius 2 is 1.83 bits per heavy atom. The van der Waals surface area contributed by atoms with E-state index in [-0.39, 0.29) is 12.5 Å². The van der Waals surface area contributed by atoms with Crippen molar-refractivity contribution in [2.24, 2.45) is 5.41 Å². The molecular formula is C19H19NO3. The maximum Gasteiger partial charge on any atom is 0.322 e. The smallest absolute Gasteiger partial charge is 0.322 e. The molecule has 0 unspecified atom stereocenters. The Balaban J connectivity index is 2.02. The third kappa shape index (κ3) is 2.84. The molecule has 1 atom stereocenters. The van der Waals surface area contributed by atoms with Crippen LogP contribution in [0.4, 0.5) is 5.69 Å². The van der Waals surface area contributed by atoms with E-state index < -0.39 is 11.4 Å². The van der Waals surface area contributed by atoms with E-state index in [0.29, 0.717) is 12.8 Å². The maximum absolute atomic E-state index is 12.8. The standard InChI is InChI=1S/C19H19NO3/c1-2-23-18(22)19(12-14-8-4-3-5-9-14)13-15-10-6-7-11-16(15)20-17(19)21/h3-11H,2,12-13H2,1H3,(H,20,21)/t19-/m0/s1. The van der Waals surface area contributed by atoms with Gasteiger partial charge in [0.05, 0.1) is 6.61 Å². The van der Waals surface area contributed by atoms with Crippen molar-refractivity contribution in [3.8, 4) is 0 Å². The molecule has 1 amide bonds. The van der Waals surface area contributed by atoms with E-state index in [1.54, 1.807) is 6.92 Å². The van der Waals surface area contributed by atoms with Crippen LogP contribution in [0.5, 0.6) is 0 Å². The summed E-state index contributed by atoms with van der Waals surface area (Å²) >= 11 is 0. The molecule has 0 bridgehead atoms. The number of amides is 1. The van der Waals surface area contributed by atoms with Crippen molar-refractivity contribution in [3.05, 3.63) is 65.7 Å². The highest BCUT2D eigenvalue weighted by Crippen LogP contribution is 2.37. The fraction of sp³-hybridized carbons (Fsp3) is 0.263. The lowest BCUT2D eigenvalue weighted by atomic mass is 9.73. The number of para-hydroxylation sites is 1.